The van der Waals surface area contributed by atoms with E-state index >= 15 is 0 Å². The second kappa shape index (κ2) is 4.45. The average molecular weight is 238 g/mol. The predicted molar refractivity (Wildman–Crippen MR) is 68.8 cm³/mol. The third kappa shape index (κ3) is 1.82. The first kappa shape index (κ1) is 11.5. The first-order valence-corrected chi connectivity index (χ1v) is 5.65. The van der Waals surface area contributed by atoms with Gasteiger partial charge in [0.2, 0.25) is 0 Å². The Bertz CT molecular complexity index is 490. The van der Waals surface area contributed by atoms with Crippen LogP contribution in [-0.4, -0.2) is 30.5 Å². The number of halogens is 1. The van der Waals surface area contributed by atoms with Crippen LogP contribution in [0.1, 0.15) is 11.6 Å². The predicted octanol–water partition coefficient (Wildman–Crippen LogP) is 2.38. The summed E-state index contributed by atoms with van der Waals surface area (Å²) in [5.74, 6) is 0. The van der Waals surface area contributed by atoms with Crippen LogP contribution in [0.2, 0.25) is 5.02 Å². The van der Waals surface area contributed by atoms with E-state index in [-0.39, 0.29) is 6.04 Å². The summed E-state index contributed by atoms with van der Waals surface area (Å²) in [5, 5.41) is 1.90. The summed E-state index contributed by atoms with van der Waals surface area (Å²) in [6, 6.07) is 6.13. The van der Waals surface area contributed by atoms with Gasteiger partial charge in [-0.2, -0.15) is 0 Å². The third-order valence-electron chi connectivity index (χ3n) is 2.90. The molecule has 3 nitrogen and oxygen atoms in total. The molecule has 2 aromatic rings. The number of H-pyrrole nitrogens is 1. The number of benzene rings is 1. The number of fused-ring (bicyclic) bond motifs is 1. The normalized spacial score (nSPS) is 13.6. The zero-order chi connectivity index (χ0) is 11.7. The standard InChI is InChI=1S/C12H16ClN3/c1-16(2)11(6-14)9-7-15-12-8(9)4-3-5-10(12)13/h3-5,7,11,15H,6,14H2,1-2H3/t11-/m1/s1. The van der Waals surface area contributed by atoms with Crippen LogP contribution in [0.4, 0.5) is 0 Å². The molecule has 1 aromatic heterocycles. The van der Waals surface area contributed by atoms with Gasteiger partial charge in [0.15, 0.2) is 0 Å². The van der Waals surface area contributed by atoms with Gasteiger partial charge >= 0.3 is 0 Å². The maximum Gasteiger partial charge on any atom is 0.0647 e. The molecule has 4 heteroatoms. The molecule has 0 aliphatic rings. The lowest BCUT2D eigenvalue weighted by Gasteiger charge is -2.22. The molecule has 1 aromatic carbocycles. The van der Waals surface area contributed by atoms with Crippen molar-refractivity contribution in [1.82, 2.24) is 9.88 Å². The van der Waals surface area contributed by atoms with Gasteiger partial charge in [-0.3, -0.25) is 0 Å². The van der Waals surface area contributed by atoms with Crippen molar-refractivity contribution in [3.8, 4) is 0 Å². The number of aromatic nitrogens is 1. The van der Waals surface area contributed by atoms with E-state index in [1.165, 1.54) is 5.56 Å². The van der Waals surface area contributed by atoms with Crippen LogP contribution in [0.15, 0.2) is 24.4 Å². The fourth-order valence-electron chi connectivity index (χ4n) is 2.03. The van der Waals surface area contributed by atoms with Crippen LogP contribution in [-0.2, 0) is 0 Å². The van der Waals surface area contributed by atoms with Crippen LogP contribution in [0, 0.1) is 0 Å². The van der Waals surface area contributed by atoms with E-state index in [1.807, 2.05) is 32.4 Å². The van der Waals surface area contributed by atoms with E-state index in [9.17, 15) is 0 Å². The largest absolute Gasteiger partial charge is 0.360 e. The number of nitrogens with one attached hydrogen (secondary N) is 1. The van der Waals surface area contributed by atoms with Crippen molar-refractivity contribution >= 4 is 22.5 Å². The molecule has 1 heterocycles. The topological polar surface area (TPSA) is 45.0 Å². The van der Waals surface area contributed by atoms with Crippen LogP contribution in [0.5, 0.6) is 0 Å². The van der Waals surface area contributed by atoms with Crippen LogP contribution < -0.4 is 5.73 Å². The van der Waals surface area contributed by atoms with Gasteiger partial charge in [-0.25, -0.2) is 0 Å². The lowest BCUT2D eigenvalue weighted by Crippen LogP contribution is -2.26. The Labute approximate surface area is 100 Å². The maximum absolute atomic E-state index is 6.12. The maximum atomic E-state index is 6.12. The number of hydrogen-bond acceptors (Lipinski definition) is 2. The molecule has 0 aliphatic heterocycles. The molecule has 0 spiro atoms. The molecule has 86 valence electrons. The Morgan fingerprint density at radius 2 is 2.19 bits per heavy atom. The zero-order valence-electron chi connectivity index (χ0n) is 9.50. The van der Waals surface area contributed by atoms with Gasteiger partial charge in [-0.1, -0.05) is 23.7 Å². The lowest BCUT2D eigenvalue weighted by atomic mass is 10.1. The number of rotatable bonds is 3. The van der Waals surface area contributed by atoms with E-state index < -0.39 is 0 Å². The zero-order valence-corrected chi connectivity index (χ0v) is 10.3. The molecule has 0 amide bonds. The van der Waals surface area contributed by atoms with Crippen LogP contribution in [0.25, 0.3) is 10.9 Å². The van der Waals surface area contributed by atoms with Crippen LogP contribution in [0.3, 0.4) is 0 Å². The lowest BCUT2D eigenvalue weighted by molar-refractivity contribution is 0.308. The molecule has 0 unspecified atom stereocenters. The van der Waals surface area contributed by atoms with Gasteiger partial charge in [-0.15, -0.1) is 0 Å². The fourth-order valence-corrected chi connectivity index (χ4v) is 2.26. The summed E-state index contributed by atoms with van der Waals surface area (Å²) < 4.78 is 0. The van der Waals surface area contributed by atoms with Gasteiger partial charge in [0.05, 0.1) is 10.5 Å². The Hall–Kier alpha value is -1.03. The number of para-hydroxylation sites is 1. The van der Waals surface area contributed by atoms with E-state index in [2.05, 4.69) is 16.0 Å². The summed E-state index contributed by atoms with van der Waals surface area (Å²) >= 11 is 6.12. The van der Waals surface area contributed by atoms with Crippen molar-refractivity contribution in [2.24, 2.45) is 5.73 Å². The summed E-state index contributed by atoms with van der Waals surface area (Å²) in [7, 11) is 4.06. The number of nitrogens with two attached hydrogens (primary N) is 1. The first-order valence-electron chi connectivity index (χ1n) is 5.27. The highest BCUT2D eigenvalue weighted by Crippen LogP contribution is 2.30. The molecule has 1 atom stereocenters. The number of nitrogens with zero attached hydrogens (tertiary/aromatic N) is 1. The molecule has 0 bridgehead atoms. The molecule has 0 saturated carbocycles. The van der Waals surface area contributed by atoms with E-state index in [1.54, 1.807) is 0 Å². The van der Waals surface area contributed by atoms with Gasteiger partial charge < -0.3 is 15.6 Å². The molecular weight excluding hydrogens is 222 g/mol. The van der Waals surface area contributed by atoms with Crippen LogP contribution >= 0.6 is 11.6 Å². The van der Waals surface area contributed by atoms with Gasteiger partial charge in [0.25, 0.3) is 0 Å². The second-order valence-corrected chi connectivity index (χ2v) is 4.53. The number of aromatic amines is 1. The molecule has 0 aliphatic carbocycles. The Kier molecular flexibility index (Phi) is 3.19. The van der Waals surface area contributed by atoms with Gasteiger partial charge in [0, 0.05) is 24.2 Å². The van der Waals surface area contributed by atoms with E-state index in [0.29, 0.717) is 6.54 Å². The highest BCUT2D eigenvalue weighted by Gasteiger charge is 2.16. The summed E-state index contributed by atoms with van der Waals surface area (Å²) in [4.78, 5) is 5.33. The molecule has 16 heavy (non-hydrogen) atoms. The minimum atomic E-state index is 0.215. The monoisotopic (exact) mass is 237 g/mol. The van der Waals surface area contributed by atoms with Crippen molar-refractivity contribution in [1.29, 1.82) is 0 Å². The first-order chi connectivity index (χ1) is 7.65. The smallest absolute Gasteiger partial charge is 0.0647 e. The molecule has 0 saturated heterocycles. The quantitative estimate of drug-likeness (QED) is 0.861. The van der Waals surface area contributed by atoms with E-state index in [0.717, 1.165) is 15.9 Å². The molecule has 0 radical (unpaired) electrons. The SMILES string of the molecule is CN(C)[C@H](CN)c1c[nH]c2c(Cl)cccc12. The molecule has 0 fully saturated rings. The summed E-state index contributed by atoms with van der Waals surface area (Å²) in [6.45, 7) is 0.590. The summed E-state index contributed by atoms with van der Waals surface area (Å²) in [5.41, 5.74) is 7.99. The third-order valence-corrected chi connectivity index (χ3v) is 3.22. The van der Waals surface area contributed by atoms with E-state index in [4.69, 9.17) is 17.3 Å². The molecule has 3 N–H and O–H groups in total. The molecule has 2 rings (SSSR count). The minimum Gasteiger partial charge on any atom is -0.360 e. The Morgan fingerprint density at radius 1 is 1.44 bits per heavy atom. The van der Waals surface area contributed by atoms with Crippen molar-refractivity contribution in [2.45, 2.75) is 6.04 Å². The molecular formula is C12H16ClN3. The van der Waals surface area contributed by atoms with Crippen molar-refractivity contribution in [3.63, 3.8) is 0 Å². The van der Waals surface area contributed by atoms with Crippen molar-refractivity contribution in [2.75, 3.05) is 20.6 Å². The van der Waals surface area contributed by atoms with Gasteiger partial charge in [0.1, 0.15) is 0 Å². The Balaban J connectivity index is 2.57. The highest BCUT2D eigenvalue weighted by molar-refractivity contribution is 6.35. The van der Waals surface area contributed by atoms with Gasteiger partial charge in [-0.05, 0) is 25.7 Å². The second-order valence-electron chi connectivity index (χ2n) is 4.12. The average Bonchev–Trinajstić information content (AvgIpc) is 2.64. The number of hydrogen-bond donors (Lipinski definition) is 2. The van der Waals surface area contributed by atoms with Crippen molar-refractivity contribution in [3.05, 3.63) is 35.0 Å². The summed E-state index contributed by atoms with van der Waals surface area (Å²) in [6.07, 6.45) is 1.99. The fraction of sp³-hybridized carbons (Fsp3) is 0.333. The van der Waals surface area contributed by atoms with Crippen molar-refractivity contribution < 1.29 is 0 Å². The minimum absolute atomic E-state index is 0.215. The highest BCUT2D eigenvalue weighted by atomic mass is 35.5. The number of likely N-dealkylation sites (N-methyl/N-ethyl adjacent to an activating group) is 1. The Morgan fingerprint density at radius 3 is 2.81 bits per heavy atom.